The van der Waals surface area contributed by atoms with Crippen molar-refractivity contribution in [2.45, 2.75) is 38.5 Å². The van der Waals surface area contributed by atoms with Gasteiger partial charge in [0.05, 0.1) is 22.0 Å². The number of non-ortho nitro benzene ring substituents is 1. The van der Waals surface area contributed by atoms with Gasteiger partial charge in [0.1, 0.15) is 4.90 Å². The Morgan fingerprint density at radius 3 is 2.38 bits per heavy atom. The normalized spacial score (nSPS) is 15.3. The number of aryl methyl sites for hydroxylation is 2. The third-order valence-electron chi connectivity index (χ3n) is 4.60. The molecule has 2 aromatic carbocycles. The molecule has 3 rings (SSSR count). The summed E-state index contributed by atoms with van der Waals surface area (Å²) >= 11 is 0. The van der Waals surface area contributed by atoms with Gasteiger partial charge in [0.2, 0.25) is 0 Å². The molecule has 0 amide bonds. The van der Waals surface area contributed by atoms with Gasteiger partial charge < -0.3 is 0 Å². The molecule has 1 aliphatic rings. The Balaban J connectivity index is 2.00. The molecule has 0 unspecified atom stereocenters. The standard InChI is InChI=1S/C20H22N4O4S/c1-13-5-8-18(15(3)10-13)23-29(27,28)20-12-17(24(25)26)7-9-19(20)22-21-16-6-4-14(2)11-16/h5,7-12,22-23H,4,6H2,1-3H3/b21-16+. The van der Waals surface area contributed by atoms with Crippen molar-refractivity contribution in [2.24, 2.45) is 5.10 Å². The molecule has 0 spiro atoms. The number of hydrogen-bond donors (Lipinski definition) is 2. The molecule has 1 aliphatic carbocycles. The van der Waals surface area contributed by atoms with E-state index < -0.39 is 14.9 Å². The van der Waals surface area contributed by atoms with E-state index in [0.717, 1.165) is 35.7 Å². The van der Waals surface area contributed by atoms with E-state index in [2.05, 4.69) is 15.2 Å². The van der Waals surface area contributed by atoms with Gasteiger partial charge in [-0.1, -0.05) is 23.3 Å². The monoisotopic (exact) mass is 414 g/mol. The lowest BCUT2D eigenvalue weighted by molar-refractivity contribution is -0.385. The summed E-state index contributed by atoms with van der Waals surface area (Å²) in [5.41, 5.74) is 6.76. The maximum Gasteiger partial charge on any atom is 0.270 e. The highest BCUT2D eigenvalue weighted by Gasteiger charge is 2.23. The molecule has 152 valence electrons. The van der Waals surface area contributed by atoms with Crippen LogP contribution in [0.4, 0.5) is 17.1 Å². The number of hydrazone groups is 1. The largest absolute Gasteiger partial charge is 0.279 e. The van der Waals surface area contributed by atoms with Crippen LogP contribution in [0.15, 0.2) is 58.0 Å². The second kappa shape index (κ2) is 8.04. The lowest BCUT2D eigenvalue weighted by atomic mass is 10.1. The molecule has 0 heterocycles. The minimum atomic E-state index is -4.09. The van der Waals surface area contributed by atoms with Gasteiger partial charge in [0.15, 0.2) is 0 Å². The number of nitrogens with one attached hydrogen (secondary N) is 2. The summed E-state index contributed by atoms with van der Waals surface area (Å²) < 4.78 is 28.6. The Morgan fingerprint density at radius 1 is 1.03 bits per heavy atom. The van der Waals surface area contributed by atoms with Crippen molar-refractivity contribution >= 4 is 32.8 Å². The third kappa shape index (κ3) is 4.80. The lowest BCUT2D eigenvalue weighted by Gasteiger charge is -2.14. The van der Waals surface area contributed by atoms with E-state index in [1.165, 1.54) is 17.7 Å². The molecule has 9 heteroatoms. The van der Waals surface area contributed by atoms with Crippen LogP contribution < -0.4 is 10.1 Å². The topological polar surface area (TPSA) is 114 Å². The van der Waals surface area contributed by atoms with Crippen LogP contribution in [0.3, 0.4) is 0 Å². The predicted molar refractivity (Wildman–Crippen MR) is 114 cm³/mol. The van der Waals surface area contributed by atoms with E-state index in [4.69, 9.17) is 0 Å². The van der Waals surface area contributed by atoms with Crippen molar-refractivity contribution in [1.29, 1.82) is 0 Å². The molecule has 2 N–H and O–H groups in total. The average molecular weight is 414 g/mol. The second-order valence-corrected chi connectivity index (χ2v) is 8.72. The molecular weight excluding hydrogens is 392 g/mol. The summed E-state index contributed by atoms with van der Waals surface area (Å²) in [6, 6.07) is 8.94. The zero-order valence-corrected chi connectivity index (χ0v) is 17.2. The van der Waals surface area contributed by atoms with Gasteiger partial charge in [0, 0.05) is 12.1 Å². The number of nitrogens with zero attached hydrogens (tertiary/aromatic N) is 2. The van der Waals surface area contributed by atoms with Crippen molar-refractivity contribution < 1.29 is 13.3 Å². The van der Waals surface area contributed by atoms with Crippen LogP contribution >= 0.6 is 0 Å². The lowest BCUT2D eigenvalue weighted by Crippen LogP contribution is -2.16. The molecule has 0 atom stereocenters. The number of sulfonamides is 1. The Bertz CT molecular complexity index is 1140. The number of rotatable bonds is 6. The second-order valence-electron chi connectivity index (χ2n) is 7.07. The van der Waals surface area contributed by atoms with E-state index in [9.17, 15) is 18.5 Å². The smallest absolute Gasteiger partial charge is 0.270 e. The molecule has 0 aliphatic heterocycles. The van der Waals surface area contributed by atoms with Gasteiger partial charge >= 0.3 is 0 Å². The van der Waals surface area contributed by atoms with Gasteiger partial charge in [-0.2, -0.15) is 5.10 Å². The number of anilines is 2. The number of allylic oxidation sites excluding steroid dienone is 2. The Hall–Kier alpha value is -3.20. The van der Waals surface area contributed by atoms with Crippen LogP contribution in [0.1, 0.15) is 30.9 Å². The first-order valence-electron chi connectivity index (χ1n) is 9.04. The number of nitro benzene ring substituents is 1. The van der Waals surface area contributed by atoms with Gasteiger partial charge in [0.25, 0.3) is 15.7 Å². The van der Waals surface area contributed by atoms with Crippen LogP contribution in [0.5, 0.6) is 0 Å². The molecule has 0 aromatic heterocycles. The van der Waals surface area contributed by atoms with Gasteiger partial charge in [-0.05, 0) is 57.4 Å². The highest BCUT2D eigenvalue weighted by atomic mass is 32.2. The molecule has 29 heavy (non-hydrogen) atoms. The first kappa shape index (κ1) is 20.5. The zero-order chi connectivity index (χ0) is 21.2. The first-order valence-corrected chi connectivity index (χ1v) is 10.5. The van der Waals surface area contributed by atoms with E-state index in [-0.39, 0.29) is 16.3 Å². The molecule has 0 radical (unpaired) electrons. The molecule has 2 aromatic rings. The van der Waals surface area contributed by atoms with Crippen LogP contribution in [0, 0.1) is 24.0 Å². The molecule has 0 bridgehead atoms. The van der Waals surface area contributed by atoms with Crippen LogP contribution in [0.2, 0.25) is 0 Å². The van der Waals surface area contributed by atoms with Crippen LogP contribution in [-0.2, 0) is 10.0 Å². The van der Waals surface area contributed by atoms with E-state index in [1.54, 1.807) is 19.1 Å². The minimum absolute atomic E-state index is 0.165. The number of benzene rings is 2. The quantitative estimate of drug-likeness (QED) is 0.533. The zero-order valence-electron chi connectivity index (χ0n) is 16.4. The highest BCUT2D eigenvalue weighted by molar-refractivity contribution is 7.92. The van der Waals surface area contributed by atoms with Crippen molar-refractivity contribution in [1.82, 2.24) is 0 Å². The van der Waals surface area contributed by atoms with Gasteiger partial charge in [-0.15, -0.1) is 0 Å². The van der Waals surface area contributed by atoms with Crippen molar-refractivity contribution in [2.75, 3.05) is 10.1 Å². The van der Waals surface area contributed by atoms with Crippen LogP contribution in [-0.4, -0.2) is 19.1 Å². The summed E-state index contributed by atoms with van der Waals surface area (Å²) in [6.45, 7) is 5.70. The average Bonchev–Trinajstić information content (AvgIpc) is 3.07. The number of hydrogen-bond acceptors (Lipinski definition) is 6. The summed E-state index contributed by atoms with van der Waals surface area (Å²) in [5, 5.41) is 15.4. The molecular formula is C20H22N4O4S. The third-order valence-corrected chi connectivity index (χ3v) is 6.01. The van der Waals surface area contributed by atoms with Crippen LogP contribution in [0.25, 0.3) is 0 Å². The van der Waals surface area contributed by atoms with Crippen molar-refractivity contribution in [3.63, 3.8) is 0 Å². The molecule has 0 saturated heterocycles. The summed E-state index contributed by atoms with van der Waals surface area (Å²) in [7, 11) is -4.09. The summed E-state index contributed by atoms with van der Waals surface area (Å²) in [6.07, 6.45) is 3.59. The minimum Gasteiger partial charge on any atom is -0.279 e. The fourth-order valence-corrected chi connectivity index (χ4v) is 4.35. The maximum atomic E-state index is 13.0. The highest BCUT2D eigenvalue weighted by Crippen LogP contribution is 2.29. The SMILES string of the molecule is CC1=C/C(=N/Nc2ccc([N+](=O)[O-])cc2S(=O)(=O)Nc2ccc(C)cc2C)CC1. The Labute approximate surface area is 169 Å². The fourth-order valence-electron chi connectivity index (χ4n) is 3.04. The fraction of sp³-hybridized carbons (Fsp3) is 0.250. The number of nitro groups is 1. The van der Waals surface area contributed by atoms with Crippen molar-refractivity contribution in [3.05, 3.63) is 69.3 Å². The van der Waals surface area contributed by atoms with E-state index in [1.807, 2.05) is 26.0 Å². The Kier molecular flexibility index (Phi) is 5.69. The molecule has 0 fully saturated rings. The summed E-state index contributed by atoms with van der Waals surface area (Å²) in [5.74, 6) is 0. The maximum absolute atomic E-state index is 13.0. The summed E-state index contributed by atoms with van der Waals surface area (Å²) in [4.78, 5) is 10.3. The first-order chi connectivity index (χ1) is 13.7. The van der Waals surface area contributed by atoms with Crippen molar-refractivity contribution in [3.8, 4) is 0 Å². The van der Waals surface area contributed by atoms with E-state index in [0.29, 0.717) is 5.69 Å². The van der Waals surface area contributed by atoms with E-state index >= 15 is 0 Å². The molecule has 0 saturated carbocycles. The van der Waals surface area contributed by atoms with Gasteiger partial charge in [-0.3, -0.25) is 20.3 Å². The van der Waals surface area contributed by atoms with Gasteiger partial charge in [-0.25, -0.2) is 8.42 Å². The molecule has 8 nitrogen and oxygen atoms in total. The predicted octanol–water partition coefficient (Wildman–Crippen LogP) is 4.52. The Morgan fingerprint density at radius 2 is 1.76 bits per heavy atom.